The van der Waals surface area contributed by atoms with Crippen LogP contribution < -0.4 is 5.32 Å². The monoisotopic (exact) mass is 376 g/mol. The highest BCUT2D eigenvalue weighted by molar-refractivity contribution is 7.89. The van der Waals surface area contributed by atoms with Crippen molar-refractivity contribution < 1.29 is 13.2 Å². The average molecular weight is 376 g/mol. The van der Waals surface area contributed by atoms with Gasteiger partial charge in [0.1, 0.15) is 5.82 Å². The number of aromatic nitrogens is 2. The zero-order valence-electron chi connectivity index (χ0n) is 14.9. The van der Waals surface area contributed by atoms with Crippen LogP contribution in [0.25, 0.3) is 0 Å². The molecule has 26 heavy (non-hydrogen) atoms. The van der Waals surface area contributed by atoms with E-state index in [1.807, 2.05) is 17.8 Å². The highest BCUT2D eigenvalue weighted by atomic mass is 32.2. The van der Waals surface area contributed by atoms with Gasteiger partial charge in [-0.2, -0.15) is 4.31 Å². The molecule has 2 aromatic rings. The number of imidazole rings is 1. The zero-order chi connectivity index (χ0) is 18.6. The Kier molecular flexibility index (Phi) is 5.73. The second kappa shape index (κ2) is 8.01. The molecular weight excluding hydrogens is 352 g/mol. The van der Waals surface area contributed by atoms with Gasteiger partial charge in [-0.1, -0.05) is 12.5 Å². The Morgan fingerprint density at radius 2 is 2.00 bits per heavy atom. The third-order valence-corrected chi connectivity index (χ3v) is 6.50. The molecule has 1 saturated heterocycles. The van der Waals surface area contributed by atoms with Gasteiger partial charge >= 0.3 is 0 Å². The SMILES string of the molecule is Cn1ccnc1CCNC(=O)c1cccc(S(=O)(=O)N2CCCCC2)c1. The number of nitrogens with zero attached hydrogens (tertiary/aromatic N) is 3. The zero-order valence-corrected chi connectivity index (χ0v) is 15.7. The average Bonchev–Trinajstić information content (AvgIpc) is 3.07. The molecule has 8 heteroatoms. The molecule has 1 aromatic heterocycles. The Hall–Kier alpha value is -2.19. The van der Waals surface area contributed by atoms with E-state index in [1.54, 1.807) is 24.4 Å². The summed E-state index contributed by atoms with van der Waals surface area (Å²) in [6.45, 7) is 1.53. The first-order chi connectivity index (χ1) is 12.5. The van der Waals surface area contributed by atoms with E-state index in [0.29, 0.717) is 31.6 Å². The Balaban J connectivity index is 1.66. The lowest BCUT2D eigenvalue weighted by Crippen LogP contribution is -2.35. The topological polar surface area (TPSA) is 84.3 Å². The summed E-state index contributed by atoms with van der Waals surface area (Å²) in [4.78, 5) is 16.8. The Morgan fingerprint density at radius 1 is 1.23 bits per heavy atom. The second-order valence-electron chi connectivity index (χ2n) is 6.45. The quantitative estimate of drug-likeness (QED) is 0.829. The van der Waals surface area contributed by atoms with Crippen LogP contribution in [0.3, 0.4) is 0 Å². The van der Waals surface area contributed by atoms with Gasteiger partial charge in [-0.05, 0) is 31.0 Å². The van der Waals surface area contributed by atoms with E-state index in [-0.39, 0.29) is 10.8 Å². The first-order valence-electron chi connectivity index (χ1n) is 8.83. The van der Waals surface area contributed by atoms with Gasteiger partial charge < -0.3 is 9.88 Å². The summed E-state index contributed by atoms with van der Waals surface area (Å²) in [6.07, 6.45) is 7.00. The molecule has 1 aliphatic heterocycles. The molecule has 0 radical (unpaired) electrons. The fraction of sp³-hybridized carbons (Fsp3) is 0.444. The van der Waals surface area contributed by atoms with E-state index < -0.39 is 10.0 Å². The molecule has 140 valence electrons. The van der Waals surface area contributed by atoms with E-state index in [2.05, 4.69) is 10.3 Å². The van der Waals surface area contributed by atoms with Crippen molar-refractivity contribution in [3.8, 4) is 0 Å². The minimum Gasteiger partial charge on any atom is -0.352 e. The number of carbonyl (C=O) groups excluding carboxylic acids is 1. The molecule has 0 bridgehead atoms. The van der Waals surface area contributed by atoms with Gasteiger partial charge in [0.2, 0.25) is 10.0 Å². The molecule has 1 amide bonds. The first kappa shape index (κ1) is 18.6. The summed E-state index contributed by atoms with van der Waals surface area (Å²) >= 11 is 0. The molecule has 1 fully saturated rings. The van der Waals surface area contributed by atoms with Crippen LogP contribution in [0.5, 0.6) is 0 Å². The first-order valence-corrected chi connectivity index (χ1v) is 10.3. The van der Waals surface area contributed by atoms with E-state index in [9.17, 15) is 13.2 Å². The standard InChI is InChI=1S/C18H24N4O3S/c1-21-13-10-19-17(21)8-9-20-18(23)15-6-5-7-16(14-15)26(24,25)22-11-3-2-4-12-22/h5-7,10,13-14H,2-4,8-9,11-12H2,1H3,(H,20,23). The van der Waals surface area contributed by atoms with Crippen molar-refractivity contribution in [2.75, 3.05) is 19.6 Å². The minimum atomic E-state index is -3.54. The third kappa shape index (κ3) is 4.13. The largest absolute Gasteiger partial charge is 0.352 e. The van der Waals surface area contributed by atoms with Crippen molar-refractivity contribution >= 4 is 15.9 Å². The van der Waals surface area contributed by atoms with Gasteiger partial charge in [-0.3, -0.25) is 4.79 Å². The molecule has 7 nitrogen and oxygen atoms in total. The summed E-state index contributed by atoms with van der Waals surface area (Å²) in [7, 11) is -1.64. The summed E-state index contributed by atoms with van der Waals surface area (Å²) < 4.78 is 28.9. The number of aryl methyl sites for hydroxylation is 1. The number of benzene rings is 1. The van der Waals surface area contributed by atoms with Crippen molar-refractivity contribution in [2.45, 2.75) is 30.6 Å². The molecule has 0 saturated carbocycles. The van der Waals surface area contributed by atoms with E-state index >= 15 is 0 Å². The van der Waals surface area contributed by atoms with Crippen molar-refractivity contribution in [3.05, 3.63) is 48.0 Å². The molecule has 0 atom stereocenters. The van der Waals surface area contributed by atoms with E-state index in [0.717, 1.165) is 25.1 Å². The number of hydrogen-bond donors (Lipinski definition) is 1. The molecule has 0 aliphatic carbocycles. The number of carbonyl (C=O) groups is 1. The van der Waals surface area contributed by atoms with Crippen LogP contribution in [-0.4, -0.2) is 47.8 Å². The summed E-state index contributed by atoms with van der Waals surface area (Å²) in [5.74, 6) is 0.599. The van der Waals surface area contributed by atoms with Crippen molar-refractivity contribution in [1.82, 2.24) is 19.2 Å². The van der Waals surface area contributed by atoms with Crippen molar-refractivity contribution in [1.29, 1.82) is 0 Å². The van der Waals surface area contributed by atoms with Gasteiger partial charge in [0.25, 0.3) is 5.91 Å². The highest BCUT2D eigenvalue weighted by Gasteiger charge is 2.26. The molecular formula is C18H24N4O3S. The van der Waals surface area contributed by atoms with Crippen molar-refractivity contribution in [3.63, 3.8) is 0 Å². The van der Waals surface area contributed by atoms with Crippen LogP contribution in [-0.2, 0) is 23.5 Å². The molecule has 2 heterocycles. The summed E-state index contributed by atoms with van der Waals surface area (Å²) in [5.41, 5.74) is 0.350. The molecule has 1 aromatic carbocycles. The van der Waals surface area contributed by atoms with Crippen molar-refractivity contribution in [2.24, 2.45) is 7.05 Å². The van der Waals surface area contributed by atoms with Crippen LogP contribution in [0, 0.1) is 0 Å². The number of rotatable bonds is 6. The van der Waals surface area contributed by atoms with Gasteiger partial charge in [-0.15, -0.1) is 0 Å². The fourth-order valence-electron chi connectivity index (χ4n) is 3.08. The molecule has 1 aliphatic rings. The van der Waals surface area contributed by atoms with Gasteiger partial charge in [0.15, 0.2) is 0 Å². The lowest BCUT2D eigenvalue weighted by atomic mass is 10.2. The number of sulfonamides is 1. The van der Waals surface area contributed by atoms with Gasteiger partial charge in [0.05, 0.1) is 4.90 Å². The Labute approximate surface area is 154 Å². The lowest BCUT2D eigenvalue weighted by Gasteiger charge is -2.26. The summed E-state index contributed by atoms with van der Waals surface area (Å²) in [5, 5.41) is 2.82. The predicted octanol–water partition coefficient (Wildman–Crippen LogP) is 1.57. The number of piperidine rings is 1. The lowest BCUT2D eigenvalue weighted by molar-refractivity contribution is 0.0953. The molecule has 0 unspecified atom stereocenters. The minimum absolute atomic E-state index is 0.177. The molecule has 3 rings (SSSR count). The number of nitrogens with one attached hydrogen (secondary N) is 1. The Morgan fingerprint density at radius 3 is 2.69 bits per heavy atom. The maximum absolute atomic E-state index is 12.8. The third-order valence-electron chi connectivity index (χ3n) is 4.60. The number of amides is 1. The maximum atomic E-state index is 12.8. The molecule has 0 spiro atoms. The van der Waals surface area contributed by atoms with Crippen LogP contribution >= 0.6 is 0 Å². The van der Waals surface area contributed by atoms with E-state index in [4.69, 9.17) is 0 Å². The van der Waals surface area contributed by atoms with Gasteiger partial charge in [-0.25, -0.2) is 13.4 Å². The second-order valence-corrected chi connectivity index (χ2v) is 8.39. The number of hydrogen-bond acceptors (Lipinski definition) is 4. The highest BCUT2D eigenvalue weighted by Crippen LogP contribution is 2.21. The molecule has 1 N–H and O–H groups in total. The predicted molar refractivity (Wildman–Crippen MR) is 98.3 cm³/mol. The van der Waals surface area contributed by atoms with Crippen LogP contribution in [0.1, 0.15) is 35.4 Å². The summed E-state index contributed by atoms with van der Waals surface area (Å²) in [6, 6.07) is 6.25. The normalized spacial score (nSPS) is 15.7. The smallest absolute Gasteiger partial charge is 0.251 e. The van der Waals surface area contributed by atoms with Crippen LogP contribution in [0.2, 0.25) is 0 Å². The van der Waals surface area contributed by atoms with Gasteiger partial charge in [0, 0.05) is 51.1 Å². The maximum Gasteiger partial charge on any atom is 0.251 e. The Bertz CT molecular complexity index is 870. The van der Waals surface area contributed by atoms with Crippen LogP contribution in [0.15, 0.2) is 41.6 Å². The van der Waals surface area contributed by atoms with Crippen LogP contribution in [0.4, 0.5) is 0 Å². The van der Waals surface area contributed by atoms with E-state index in [1.165, 1.54) is 10.4 Å². The fourth-order valence-corrected chi connectivity index (χ4v) is 4.64.